The molecule has 74 heavy (non-hydrogen) atoms. The smallest absolute Gasteiger partial charge is 0.0540 e. The van der Waals surface area contributed by atoms with Crippen LogP contribution in [0.3, 0.4) is 0 Å². The van der Waals surface area contributed by atoms with Crippen LogP contribution >= 0.6 is 0 Å². The standard InChI is InChI=1S/C72H58N2/c1-69(2)59-27-13-8-22-51(59)55-39-38-50(44-64(55)69)73(49-36-34-47(35-37-49)70(3)43-41-67-58(45-70)57-26-12-18-32-66(57)74(67)48-20-6-5-7-21-48)68-33-19-17-31-63(68)71(4)42-40-56-54-25-11-16-30-62(54)72(65(56)46-71)60-28-14-9-23-52(60)53-24-10-15-29-61(53)72/h5-29,31-42,44-45,62H,30,43,46H2,1-4H3. The average molecular weight is 951 g/mol. The number of aromatic nitrogens is 1. The Morgan fingerprint density at radius 1 is 0.554 bits per heavy atom. The number of allylic oxidation sites excluding steroid dienone is 8. The van der Waals surface area contributed by atoms with Crippen LogP contribution in [0, 0.1) is 5.92 Å². The van der Waals surface area contributed by atoms with Gasteiger partial charge in [0.1, 0.15) is 0 Å². The van der Waals surface area contributed by atoms with Crippen molar-refractivity contribution in [3.8, 4) is 27.9 Å². The summed E-state index contributed by atoms with van der Waals surface area (Å²) < 4.78 is 2.44. The first kappa shape index (κ1) is 43.4. The van der Waals surface area contributed by atoms with E-state index in [0.29, 0.717) is 5.92 Å². The van der Waals surface area contributed by atoms with Gasteiger partial charge in [0.05, 0.1) is 16.6 Å². The maximum absolute atomic E-state index is 2.57. The fourth-order valence-electron chi connectivity index (χ4n) is 15.0. The molecule has 1 heterocycles. The molecule has 356 valence electrons. The largest absolute Gasteiger partial charge is 0.310 e. The first-order chi connectivity index (χ1) is 36.2. The molecule has 1 aromatic heterocycles. The predicted octanol–water partition coefficient (Wildman–Crippen LogP) is 16.3. The Labute approximate surface area is 435 Å². The van der Waals surface area contributed by atoms with Gasteiger partial charge >= 0.3 is 0 Å². The quantitative estimate of drug-likeness (QED) is 0.161. The highest BCUT2D eigenvalue weighted by Gasteiger charge is 2.58. The summed E-state index contributed by atoms with van der Waals surface area (Å²) in [6, 6.07) is 73.5. The summed E-state index contributed by atoms with van der Waals surface area (Å²) in [6.45, 7) is 9.72. The molecule has 2 nitrogen and oxygen atoms in total. The Bertz CT molecular complexity index is 4070. The van der Waals surface area contributed by atoms with Gasteiger partial charge in [0.25, 0.3) is 0 Å². The lowest BCUT2D eigenvalue weighted by Gasteiger charge is -2.42. The Morgan fingerprint density at radius 2 is 1.18 bits per heavy atom. The van der Waals surface area contributed by atoms with Crippen LogP contribution in [-0.2, 0) is 21.7 Å². The van der Waals surface area contributed by atoms with E-state index in [4.69, 9.17) is 0 Å². The van der Waals surface area contributed by atoms with Crippen LogP contribution in [0.2, 0.25) is 0 Å². The molecule has 6 aliphatic rings. The zero-order chi connectivity index (χ0) is 49.6. The molecule has 9 aromatic rings. The van der Waals surface area contributed by atoms with Crippen LogP contribution in [0.1, 0.15) is 80.3 Å². The fraction of sp³-hybridized carbons (Fsp3) is 0.167. The average Bonchev–Trinajstić information content (AvgIpc) is 4.11. The second-order valence-electron chi connectivity index (χ2n) is 22.8. The Hall–Kier alpha value is -8.20. The summed E-state index contributed by atoms with van der Waals surface area (Å²) >= 11 is 0. The van der Waals surface area contributed by atoms with Crippen molar-refractivity contribution in [2.75, 3.05) is 4.90 Å². The van der Waals surface area contributed by atoms with Crippen molar-refractivity contribution < 1.29 is 0 Å². The third-order valence-corrected chi connectivity index (χ3v) is 18.5. The second-order valence-corrected chi connectivity index (χ2v) is 22.8. The van der Waals surface area contributed by atoms with Crippen LogP contribution in [-0.4, -0.2) is 4.57 Å². The number of nitrogens with zero attached hydrogens (tertiary/aromatic N) is 2. The van der Waals surface area contributed by atoms with Gasteiger partial charge in [-0.25, -0.2) is 0 Å². The van der Waals surface area contributed by atoms with Gasteiger partial charge in [-0.05, 0) is 140 Å². The molecule has 3 unspecified atom stereocenters. The zero-order valence-electron chi connectivity index (χ0n) is 42.6. The minimum absolute atomic E-state index is 0.146. The molecule has 6 aliphatic carbocycles. The molecule has 0 N–H and O–H groups in total. The van der Waals surface area contributed by atoms with Gasteiger partial charge < -0.3 is 9.47 Å². The van der Waals surface area contributed by atoms with Gasteiger partial charge in [-0.1, -0.05) is 216 Å². The molecule has 0 fully saturated rings. The number of anilines is 3. The van der Waals surface area contributed by atoms with Crippen molar-refractivity contribution >= 4 is 40.1 Å². The molecular formula is C72H58N2. The lowest BCUT2D eigenvalue weighted by Crippen LogP contribution is -2.37. The Kier molecular flexibility index (Phi) is 9.18. The number of hydrogen-bond donors (Lipinski definition) is 0. The molecule has 0 bridgehead atoms. The highest BCUT2D eigenvalue weighted by Crippen LogP contribution is 2.67. The van der Waals surface area contributed by atoms with Gasteiger partial charge in [0.2, 0.25) is 0 Å². The third-order valence-electron chi connectivity index (χ3n) is 18.5. The van der Waals surface area contributed by atoms with Gasteiger partial charge in [0, 0.05) is 55.2 Å². The third kappa shape index (κ3) is 5.88. The summed E-state index contributed by atoms with van der Waals surface area (Å²) in [5, 5.41) is 3.88. The maximum atomic E-state index is 2.57. The van der Waals surface area contributed by atoms with Crippen LogP contribution in [0.5, 0.6) is 0 Å². The van der Waals surface area contributed by atoms with E-state index >= 15 is 0 Å². The van der Waals surface area contributed by atoms with Crippen LogP contribution < -0.4 is 15.5 Å². The molecule has 0 saturated heterocycles. The number of para-hydroxylation sites is 3. The number of hydrogen-bond acceptors (Lipinski definition) is 1. The van der Waals surface area contributed by atoms with Crippen LogP contribution in [0.15, 0.2) is 241 Å². The molecule has 0 aliphatic heterocycles. The fourth-order valence-corrected chi connectivity index (χ4v) is 15.0. The summed E-state index contributed by atoms with van der Waals surface area (Å²) in [4.78, 5) is 2.57. The predicted molar refractivity (Wildman–Crippen MR) is 308 cm³/mol. The van der Waals surface area contributed by atoms with Gasteiger partial charge in [0.15, 0.2) is 0 Å². The lowest BCUT2D eigenvalue weighted by atomic mass is 9.60. The molecule has 8 aromatic carbocycles. The van der Waals surface area contributed by atoms with E-state index in [0.717, 1.165) is 24.9 Å². The number of rotatable bonds is 6. The van der Waals surface area contributed by atoms with Crippen molar-refractivity contribution in [3.63, 3.8) is 0 Å². The van der Waals surface area contributed by atoms with Gasteiger partial charge in [-0.15, -0.1) is 0 Å². The molecule has 1 spiro atoms. The minimum atomic E-state index is -0.322. The van der Waals surface area contributed by atoms with Gasteiger partial charge in [-0.3, -0.25) is 0 Å². The number of fused-ring (bicyclic) bond motifs is 15. The van der Waals surface area contributed by atoms with E-state index in [2.05, 4.69) is 274 Å². The van der Waals surface area contributed by atoms with E-state index in [-0.39, 0.29) is 21.7 Å². The molecule has 15 rings (SSSR count). The van der Waals surface area contributed by atoms with Gasteiger partial charge in [-0.2, -0.15) is 0 Å². The Balaban J connectivity index is 0.880. The van der Waals surface area contributed by atoms with E-state index < -0.39 is 0 Å². The highest BCUT2D eigenvalue weighted by molar-refractivity contribution is 5.90. The van der Waals surface area contributed by atoms with Crippen LogP contribution in [0.25, 0.3) is 51.0 Å². The molecule has 3 atom stereocenters. The Morgan fingerprint density at radius 3 is 1.93 bits per heavy atom. The normalized spacial score (nSPS) is 21.7. The maximum Gasteiger partial charge on any atom is 0.0540 e. The molecule has 2 heteroatoms. The van der Waals surface area contributed by atoms with E-state index in [1.54, 1.807) is 5.57 Å². The molecule has 0 saturated carbocycles. The van der Waals surface area contributed by atoms with Crippen molar-refractivity contribution in [2.45, 2.75) is 68.6 Å². The van der Waals surface area contributed by atoms with Crippen molar-refractivity contribution in [2.24, 2.45) is 5.92 Å². The molecular weight excluding hydrogens is 893 g/mol. The summed E-state index contributed by atoms with van der Waals surface area (Å²) in [6.07, 6.45) is 20.1. The van der Waals surface area contributed by atoms with E-state index in [1.807, 2.05) is 0 Å². The minimum Gasteiger partial charge on any atom is -0.310 e. The van der Waals surface area contributed by atoms with E-state index in [9.17, 15) is 0 Å². The monoisotopic (exact) mass is 950 g/mol. The first-order valence-corrected chi connectivity index (χ1v) is 26.8. The lowest BCUT2D eigenvalue weighted by molar-refractivity contribution is 0.426. The van der Waals surface area contributed by atoms with Crippen molar-refractivity contribution in [1.82, 2.24) is 4.57 Å². The summed E-state index contributed by atoms with van der Waals surface area (Å²) in [7, 11) is 0. The first-order valence-electron chi connectivity index (χ1n) is 26.8. The van der Waals surface area contributed by atoms with Crippen molar-refractivity contribution in [1.29, 1.82) is 0 Å². The van der Waals surface area contributed by atoms with Crippen LogP contribution in [0.4, 0.5) is 17.1 Å². The summed E-state index contributed by atoms with van der Waals surface area (Å²) in [5.74, 6) is 0.341. The zero-order valence-corrected chi connectivity index (χ0v) is 42.6. The number of benzene rings is 8. The SMILES string of the molecule is CC1(c2ccc(N(c3ccc4c(c3)C(C)(C)c3ccccc3-4)c3ccccc3C3(C)C=CC4=C(C3)C3(c5ccccc5-c5ccccc53)C3CC=CC=C43)cc2)C=c2c(n(-c3ccccc3)c3ccccc23)=CC1. The topological polar surface area (TPSA) is 8.17 Å². The highest BCUT2D eigenvalue weighted by atomic mass is 15.1. The second kappa shape index (κ2) is 15.7. The molecule has 0 radical (unpaired) electrons. The molecule has 0 amide bonds. The van der Waals surface area contributed by atoms with E-state index in [1.165, 1.54) is 105 Å². The van der Waals surface area contributed by atoms with Crippen molar-refractivity contribution in [3.05, 3.63) is 285 Å². The summed E-state index contributed by atoms with van der Waals surface area (Å²) in [5.41, 5.74) is 23.3.